The number of rotatable bonds is 0. The van der Waals surface area contributed by atoms with Gasteiger partial charge in [0.15, 0.2) is 0 Å². The first-order valence-electron chi connectivity index (χ1n) is 9.03. The van der Waals surface area contributed by atoms with Crippen LogP contribution in [0.25, 0.3) is 0 Å². The summed E-state index contributed by atoms with van der Waals surface area (Å²) in [5.41, 5.74) is 0. The highest BCUT2D eigenvalue weighted by molar-refractivity contribution is 7.79. The molecular formula is C11H39B4N3O3S5. The van der Waals surface area contributed by atoms with E-state index in [-0.39, 0.29) is 0 Å². The Morgan fingerprint density at radius 3 is 0.577 bits per heavy atom. The molecule has 6 nitrogen and oxygen atoms in total. The normalized spacial score (nSPS) is 3.92. The molecule has 8 radical (unpaired) electrons. The quantitative estimate of drug-likeness (QED) is 0.152. The summed E-state index contributed by atoms with van der Waals surface area (Å²) in [4.78, 5) is 25.3. The third kappa shape index (κ3) is 157000. The number of hydrogen-bond acceptors (Lipinski definition) is 8. The summed E-state index contributed by atoms with van der Waals surface area (Å²) in [5.74, 6) is 5.67. The molecule has 0 atom stereocenters. The van der Waals surface area contributed by atoms with E-state index in [1.807, 2.05) is 13.7 Å². The van der Waals surface area contributed by atoms with Gasteiger partial charge in [-0.15, -0.1) is 14.7 Å². The zero-order chi connectivity index (χ0) is 30.1. The van der Waals surface area contributed by atoms with Crippen LogP contribution in [0.3, 0.4) is 0 Å². The van der Waals surface area contributed by atoms with Crippen LogP contribution in [0.15, 0.2) is 13.7 Å². The van der Waals surface area contributed by atoms with Gasteiger partial charge in [-0.25, -0.2) is 0 Å². The molecule has 0 aliphatic heterocycles. The monoisotopic (exact) mass is 475 g/mol. The fourth-order valence-corrected chi connectivity index (χ4v) is 0. The van der Waals surface area contributed by atoms with E-state index in [2.05, 4.69) is 106 Å². The van der Waals surface area contributed by atoms with Gasteiger partial charge < -0.3 is 0 Å². The smallest absolute Gasteiger partial charge is 0.0606 e. The fourth-order valence-electron chi connectivity index (χ4n) is 0. The first-order valence-corrected chi connectivity index (χ1v) is 6.39. The van der Waals surface area contributed by atoms with Crippen LogP contribution in [0.2, 0.25) is 27.3 Å². The van der Waals surface area contributed by atoms with E-state index in [1.165, 1.54) is 64.3 Å². The molecule has 0 aromatic heterocycles. The molecule has 158 valence electrons. The van der Waals surface area contributed by atoms with Crippen LogP contribution in [0.1, 0.15) is 43.9 Å². The first-order chi connectivity index (χ1) is 15.2. The minimum Gasteiger partial charge on any atom is -0.138 e. The Labute approximate surface area is 205 Å². The van der Waals surface area contributed by atoms with Crippen molar-refractivity contribution in [3.05, 3.63) is 14.7 Å². The molecule has 0 unspecified atom stereocenters. The molecule has 0 aliphatic carbocycles. The van der Waals surface area contributed by atoms with Crippen LogP contribution in [0, 0.1) is 14.7 Å². The predicted octanol–water partition coefficient (Wildman–Crippen LogP) is 7.02. The van der Waals surface area contributed by atoms with Crippen molar-refractivity contribution in [2.24, 2.45) is 13.7 Å². The molecule has 0 fully saturated rings. The Hall–Kier alpha value is 0.290. The average molecular weight is 475 g/mol. The van der Waals surface area contributed by atoms with E-state index in [1.54, 1.807) is 0 Å². The van der Waals surface area contributed by atoms with Crippen LogP contribution in [0.4, 0.5) is 0 Å². The molecule has 0 heterocycles. The number of nitroso groups, excluding NO2 is 3. The van der Waals surface area contributed by atoms with Crippen molar-refractivity contribution < 1.29 is 6.85 Å². The molecule has 0 aromatic carbocycles. The van der Waals surface area contributed by atoms with Gasteiger partial charge in [0.1, 0.15) is 0 Å². The Bertz CT molecular complexity index is 129. The van der Waals surface area contributed by atoms with Crippen molar-refractivity contribution in [1.82, 2.24) is 0 Å². The van der Waals surface area contributed by atoms with E-state index in [0.717, 1.165) is 0 Å². The first kappa shape index (κ1) is 56.2. The van der Waals surface area contributed by atoms with Gasteiger partial charge in [-0.05, 0) is 11.7 Å². The van der Waals surface area contributed by atoms with Crippen molar-refractivity contribution in [2.75, 3.05) is 0 Å². The molecule has 0 saturated heterocycles. The van der Waals surface area contributed by atoms with Gasteiger partial charge in [-0.2, -0.15) is 0 Å². The number of thiocarbonyl (C=S) groups is 2. The molecule has 0 rings (SSSR count). The standard InChI is InChI=1S/4CH3B.2CH2S.5CH4.3HNOS/c6*1-2;;;;;;3*2-1-3/h4*1H3;2*1H2;5*1H4;3*(H,2,3)/i;;;;;;5*1T;;;. The maximum atomic E-state index is 8.42. The maximum absolute atomic E-state index is 8.42. The second-order valence-electron chi connectivity index (χ2n) is 0.245. The second-order valence-corrected chi connectivity index (χ2v) is 0.735. The van der Waals surface area contributed by atoms with Crippen molar-refractivity contribution in [3.8, 4) is 0 Å². The van der Waals surface area contributed by atoms with Crippen molar-refractivity contribution in [1.29, 1.82) is 0 Å². The van der Waals surface area contributed by atoms with E-state index in [4.69, 9.17) is 21.6 Å². The summed E-state index contributed by atoms with van der Waals surface area (Å²) in [7, 11) is 24.2. The summed E-state index contributed by atoms with van der Waals surface area (Å²) in [6, 6.07) is 0. The zero-order valence-electron chi connectivity index (χ0n) is 22.4. The average Bonchev–Trinajstić information content (AvgIpc) is 2.93. The molecule has 0 amide bonds. The lowest BCUT2D eigenvalue weighted by Gasteiger charge is -1.25. The van der Waals surface area contributed by atoms with Gasteiger partial charge in [0.05, 0.1) is 31.4 Å². The zero-order valence-corrected chi connectivity index (χ0v) is 21.8. The minimum absolute atomic E-state index is 1.25. The Kier molecular flexibility index (Phi) is 2980. The van der Waals surface area contributed by atoms with Crippen LogP contribution in [-0.4, -0.2) is 43.1 Å². The molecule has 0 spiro atoms. The molecule has 0 bridgehead atoms. The highest BCUT2D eigenvalue weighted by atomic mass is 32.1. The summed E-state index contributed by atoms with van der Waals surface area (Å²) in [5, 5.41) is 0. The van der Waals surface area contributed by atoms with E-state index >= 15 is 0 Å². The Balaban J connectivity index is -0.00000000841. The van der Waals surface area contributed by atoms with Crippen LogP contribution < -0.4 is 0 Å². The molecule has 26 heavy (non-hydrogen) atoms. The third-order valence-electron chi connectivity index (χ3n) is 0. The number of hydrogen-bond donors (Lipinski definition) is 3. The van der Waals surface area contributed by atoms with Gasteiger partial charge in [0, 0.05) is 59.0 Å². The molecule has 0 aromatic rings. The highest BCUT2D eigenvalue weighted by Crippen LogP contribution is 1.59. The van der Waals surface area contributed by atoms with Crippen LogP contribution in [-0.2, 0) is 0 Å². The summed E-state index contributed by atoms with van der Waals surface area (Å²) in [6.45, 7) is 6.00. The van der Waals surface area contributed by atoms with Crippen LogP contribution >= 0.6 is 62.9 Å². The lowest BCUT2D eigenvalue weighted by Crippen LogP contribution is -1.13. The lowest BCUT2D eigenvalue weighted by atomic mass is 10.2. The van der Waals surface area contributed by atoms with Crippen molar-refractivity contribution >= 4 is 106 Å². The SMILES string of the molecule is C=S.C=S.O=NS.O=NS.O=NS.[3H]C.[3H]C.[3H]C.[3H]C.[3H]C.[B]C.[B]C.[B]C.[B]C. The fraction of sp³-hybridized carbons (Fsp3) is 0.818. The minimum atomic E-state index is 1.25. The topological polar surface area (TPSA) is 88.3 Å². The summed E-state index contributed by atoms with van der Waals surface area (Å²) >= 11 is 16.2. The van der Waals surface area contributed by atoms with Gasteiger partial charge >= 0.3 is 0 Å². The Morgan fingerprint density at radius 1 is 0.577 bits per heavy atom. The number of nitrogens with zero attached hydrogens (tertiary/aromatic N) is 3. The van der Waals surface area contributed by atoms with E-state index < -0.39 is 0 Å². The number of thiol groups is 3. The van der Waals surface area contributed by atoms with E-state index in [0.29, 0.717) is 0 Å². The van der Waals surface area contributed by atoms with Crippen molar-refractivity contribution in [2.45, 2.75) is 64.3 Å². The predicted molar refractivity (Wildman–Crippen MR) is 154 cm³/mol. The van der Waals surface area contributed by atoms with Gasteiger partial charge in [0.25, 0.3) is 0 Å². The van der Waals surface area contributed by atoms with E-state index in [9.17, 15) is 0 Å². The van der Waals surface area contributed by atoms with Gasteiger partial charge in [-0.3, -0.25) is 0 Å². The molecular weight excluding hydrogens is 426 g/mol. The van der Waals surface area contributed by atoms with Gasteiger partial charge in [0.2, 0.25) is 0 Å². The maximum Gasteiger partial charge on any atom is 0.0606 e. The molecule has 0 N–H and O–H groups in total. The second kappa shape index (κ2) is 1380. The molecule has 0 aliphatic rings. The summed E-state index contributed by atoms with van der Waals surface area (Å²) < 4.78 is 34.6. The largest absolute Gasteiger partial charge is 0.138 e. The molecule has 0 saturated carbocycles. The van der Waals surface area contributed by atoms with Gasteiger partial charge in [-0.1, -0.05) is 88.7 Å². The summed E-state index contributed by atoms with van der Waals surface area (Å²) in [6.07, 6.45) is 0. The highest BCUT2D eigenvalue weighted by Gasteiger charge is 1.21. The van der Waals surface area contributed by atoms with Crippen LogP contribution in [0.5, 0.6) is 0 Å². The Morgan fingerprint density at radius 2 is 0.577 bits per heavy atom. The lowest BCUT2D eigenvalue weighted by molar-refractivity contribution is 1.91. The third-order valence-corrected chi connectivity index (χ3v) is 0. The molecule has 15 heteroatoms. The van der Waals surface area contributed by atoms with Crippen molar-refractivity contribution in [3.63, 3.8) is 0 Å².